The van der Waals surface area contributed by atoms with Gasteiger partial charge in [-0.15, -0.1) is 0 Å². The first-order valence-corrected chi connectivity index (χ1v) is 11.8. The summed E-state index contributed by atoms with van der Waals surface area (Å²) in [6, 6.07) is 26.1. The molecule has 31 heavy (non-hydrogen) atoms. The molecule has 2 atom stereocenters. The van der Waals surface area contributed by atoms with Gasteiger partial charge in [0.05, 0.1) is 12.0 Å². The fourth-order valence-corrected chi connectivity index (χ4v) is 5.12. The molecule has 0 N–H and O–H groups in total. The highest BCUT2D eigenvalue weighted by atomic mass is 16.7. The highest BCUT2D eigenvalue weighted by Gasteiger charge is 2.38. The van der Waals surface area contributed by atoms with E-state index in [1.165, 1.54) is 40.7 Å². The molecule has 0 bridgehead atoms. The summed E-state index contributed by atoms with van der Waals surface area (Å²) in [7, 11) is 0. The SMILES string of the molecule is CCC(C)c1ccc(OC(OC2CCCC2)C2c3ccccc3-c3ccccc32)cc1. The Morgan fingerprint density at radius 3 is 1.97 bits per heavy atom. The van der Waals surface area contributed by atoms with Crippen molar-refractivity contribution >= 4 is 0 Å². The van der Waals surface area contributed by atoms with Crippen LogP contribution in [0.2, 0.25) is 0 Å². The van der Waals surface area contributed by atoms with Gasteiger partial charge in [-0.25, -0.2) is 0 Å². The zero-order chi connectivity index (χ0) is 21.2. The summed E-state index contributed by atoms with van der Waals surface area (Å²) in [6.45, 7) is 4.50. The Balaban J connectivity index is 1.49. The average Bonchev–Trinajstić information content (AvgIpc) is 3.44. The van der Waals surface area contributed by atoms with E-state index in [9.17, 15) is 0 Å². The van der Waals surface area contributed by atoms with Crippen LogP contribution in [0.3, 0.4) is 0 Å². The van der Waals surface area contributed by atoms with Gasteiger partial charge in [0, 0.05) is 0 Å². The monoisotopic (exact) mass is 412 g/mol. The Labute approximate surface area is 186 Å². The van der Waals surface area contributed by atoms with Crippen LogP contribution >= 0.6 is 0 Å². The van der Waals surface area contributed by atoms with Gasteiger partial charge in [0.2, 0.25) is 6.29 Å². The molecular formula is C29H32O2. The molecule has 2 aliphatic rings. The van der Waals surface area contributed by atoms with Crippen molar-refractivity contribution in [2.24, 2.45) is 0 Å². The number of benzene rings is 3. The standard InChI is InChI=1S/C29H32O2/c1-3-20(2)21-16-18-23(19-17-21)31-29(30-22-10-4-5-11-22)28-26-14-8-6-12-24(26)25-13-7-9-15-27(25)28/h6-9,12-20,22,28-29H,3-5,10-11H2,1-2H3. The van der Waals surface area contributed by atoms with Crippen molar-refractivity contribution in [2.45, 2.75) is 70.2 Å². The zero-order valence-electron chi connectivity index (χ0n) is 18.6. The summed E-state index contributed by atoms with van der Waals surface area (Å²) in [5, 5.41) is 0. The topological polar surface area (TPSA) is 18.5 Å². The van der Waals surface area contributed by atoms with Crippen molar-refractivity contribution in [3.63, 3.8) is 0 Å². The Hall–Kier alpha value is -2.58. The molecule has 1 saturated carbocycles. The predicted octanol–water partition coefficient (Wildman–Crippen LogP) is 7.68. The van der Waals surface area contributed by atoms with Gasteiger partial charge in [0.15, 0.2) is 0 Å². The molecule has 3 aromatic rings. The third kappa shape index (κ3) is 4.02. The minimum Gasteiger partial charge on any atom is -0.464 e. The molecule has 0 spiro atoms. The van der Waals surface area contributed by atoms with Crippen LogP contribution in [0.5, 0.6) is 5.75 Å². The molecule has 2 unspecified atom stereocenters. The van der Waals surface area contributed by atoms with E-state index in [1.807, 2.05) is 0 Å². The van der Waals surface area contributed by atoms with Gasteiger partial charge in [-0.3, -0.25) is 0 Å². The predicted molar refractivity (Wildman–Crippen MR) is 127 cm³/mol. The van der Waals surface area contributed by atoms with E-state index in [0.717, 1.165) is 25.0 Å². The van der Waals surface area contributed by atoms with Crippen LogP contribution in [0.4, 0.5) is 0 Å². The van der Waals surface area contributed by atoms with Crippen LogP contribution in [-0.2, 0) is 4.74 Å². The lowest BCUT2D eigenvalue weighted by atomic mass is 9.96. The smallest absolute Gasteiger partial charge is 0.211 e. The van der Waals surface area contributed by atoms with Crippen LogP contribution < -0.4 is 4.74 Å². The minimum atomic E-state index is -0.331. The van der Waals surface area contributed by atoms with Crippen LogP contribution in [0.1, 0.15) is 74.5 Å². The van der Waals surface area contributed by atoms with Crippen molar-refractivity contribution in [3.8, 4) is 16.9 Å². The van der Waals surface area contributed by atoms with Gasteiger partial charge >= 0.3 is 0 Å². The van der Waals surface area contributed by atoms with Gasteiger partial charge in [0.1, 0.15) is 5.75 Å². The maximum absolute atomic E-state index is 6.69. The molecule has 160 valence electrons. The second-order valence-electron chi connectivity index (χ2n) is 9.06. The highest BCUT2D eigenvalue weighted by Crippen LogP contribution is 2.47. The molecule has 2 aliphatic carbocycles. The minimum absolute atomic E-state index is 0.0854. The molecule has 0 aliphatic heterocycles. The van der Waals surface area contributed by atoms with E-state index in [0.29, 0.717) is 5.92 Å². The molecule has 0 radical (unpaired) electrons. The van der Waals surface area contributed by atoms with Crippen molar-refractivity contribution in [1.29, 1.82) is 0 Å². The Kier molecular flexibility index (Phi) is 5.82. The fraction of sp³-hybridized carbons (Fsp3) is 0.379. The van der Waals surface area contributed by atoms with Gasteiger partial charge in [-0.05, 0) is 65.1 Å². The molecule has 0 aromatic heterocycles. The molecule has 3 aromatic carbocycles. The number of fused-ring (bicyclic) bond motifs is 3. The quantitative estimate of drug-likeness (QED) is 0.371. The molecule has 0 saturated heterocycles. The summed E-state index contributed by atoms with van der Waals surface area (Å²) >= 11 is 0. The molecule has 2 nitrogen and oxygen atoms in total. The third-order valence-electron chi connectivity index (χ3n) is 7.10. The third-order valence-corrected chi connectivity index (χ3v) is 7.10. The first kappa shape index (κ1) is 20.3. The van der Waals surface area contributed by atoms with E-state index < -0.39 is 0 Å². The first-order valence-electron chi connectivity index (χ1n) is 11.8. The van der Waals surface area contributed by atoms with Gasteiger partial charge in [-0.1, -0.05) is 87.4 Å². The normalized spacial score (nSPS) is 17.9. The van der Waals surface area contributed by atoms with E-state index in [2.05, 4.69) is 86.6 Å². The maximum Gasteiger partial charge on any atom is 0.211 e. The molecule has 5 rings (SSSR count). The summed E-state index contributed by atoms with van der Waals surface area (Å²) in [6.07, 6.45) is 5.85. The molecule has 1 fully saturated rings. The fourth-order valence-electron chi connectivity index (χ4n) is 5.12. The summed E-state index contributed by atoms with van der Waals surface area (Å²) in [4.78, 5) is 0. The summed E-state index contributed by atoms with van der Waals surface area (Å²) < 4.78 is 13.3. The van der Waals surface area contributed by atoms with Gasteiger partial charge in [0.25, 0.3) is 0 Å². The Morgan fingerprint density at radius 2 is 1.39 bits per heavy atom. The lowest BCUT2D eigenvalue weighted by molar-refractivity contribution is -0.124. The van der Waals surface area contributed by atoms with Crippen LogP contribution in [0.25, 0.3) is 11.1 Å². The average molecular weight is 413 g/mol. The van der Waals surface area contributed by atoms with E-state index in [4.69, 9.17) is 9.47 Å². The molecule has 0 heterocycles. The Bertz CT molecular complexity index is 971. The van der Waals surface area contributed by atoms with E-state index in [-0.39, 0.29) is 18.3 Å². The van der Waals surface area contributed by atoms with E-state index in [1.54, 1.807) is 0 Å². The maximum atomic E-state index is 6.69. The van der Waals surface area contributed by atoms with Crippen molar-refractivity contribution in [2.75, 3.05) is 0 Å². The van der Waals surface area contributed by atoms with E-state index >= 15 is 0 Å². The lowest BCUT2D eigenvalue weighted by Gasteiger charge is -2.29. The van der Waals surface area contributed by atoms with Crippen molar-refractivity contribution in [3.05, 3.63) is 89.5 Å². The Morgan fingerprint density at radius 1 is 0.806 bits per heavy atom. The molecular weight excluding hydrogens is 380 g/mol. The van der Waals surface area contributed by atoms with Crippen LogP contribution in [0.15, 0.2) is 72.8 Å². The van der Waals surface area contributed by atoms with Crippen molar-refractivity contribution < 1.29 is 9.47 Å². The van der Waals surface area contributed by atoms with Gasteiger partial charge < -0.3 is 9.47 Å². The number of hydrogen-bond donors (Lipinski definition) is 0. The van der Waals surface area contributed by atoms with Crippen LogP contribution in [0, 0.1) is 0 Å². The largest absolute Gasteiger partial charge is 0.464 e. The summed E-state index contributed by atoms with van der Waals surface area (Å²) in [5.74, 6) is 1.53. The van der Waals surface area contributed by atoms with Crippen LogP contribution in [-0.4, -0.2) is 12.4 Å². The van der Waals surface area contributed by atoms with Crippen molar-refractivity contribution in [1.82, 2.24) is 0 Å². The summed E-state index contributed by atoms with van der Waals surface area (Å²) in [5.41, 5.74) is 6.59. The highest BCUT2D eigenvalue weighted by molar-refractivity contribution is 5.79. The first-order chi connectivity index (χ1) is 15.2. The molecule has 0 amide bonds. The second kappa shape index (κ2) is 8.88. The molecule has 2 heteroatoms. The number of hydrogen-bond acceptors (Lipinski definition) is 2. The zero-order valence-corrected chi connectivity index (χ0v) is 18.6. The lowest BCUT2D eigenvalue weighted by Crippen LogP contribution is -2.32. The second-order valence-corrected chi connectivity index (χ2v) is 9.06. The van der Waals surface area contributed by atoms with Gasteiger partial charge in [-0.2, -0.15) is 0 Å². The number of ether oxygens (including phenoxy) is 2. The number of rotatable bonds is 7.